The van der Waals surface area contributed by atoms with Crippen molar-refractivity contribution < 1.29 is 23.4 Å². The average Bonchev–Trinajstić information content (AvgIpc) is 2.81. The number of Topliss-reactive ketones (excluding diaryl/α,β-unsaturated/α-hetero) is 1. The number of ketones is 1. The number of halogens is 2. The number of carbonyl (C=O) groups excluding carboxylic acids is 1. The van der Waals surface area contributed by atoms with Crippen molar-refractivity contribution in [3.05, 3.63) is 101 Å². The SMILES string of the molecule is COc1cccc(CNC[C@@H](O)[C@H](Cc2cc(F)cc(F)c2)NCC(=O)c2ccccc2)c1. The number of aliphatic hydroxyl groups excluding tert-OH is 1. The lowest BCUT2D eigenvalue weighted by Gasteiger charge is -2.25. The molecule has 3 N–H and O–H groups in total. The van der Waals surface area contributed by atoms with E-state index in [9.17, 15) is 18.7 Å². The van der Waals surface area contributed by atoms with Crippen LogP contribution in [0.2, 0.25) is 0 Å². The van der Waals surface area contributed by atoms with Gasteiger partial charge in [-0.1, -0.05) is 42.5 Å². The number of nitrogens with one attached hydrogen (secondary N) is 2. The Hall–Kier alpha value is -3.13. The minimum Gasteiger partial charge on any atom is -0.497 e. The van der Waals surface area contributed by atoms with Crippen LogP contribution in [0.3, 0.4) is 0 Å². The predicted octanol–water partition coefficient (Wildman–Crippen LogP) is 3.51. The largest absolute Gasteiger partial charge is 0.497 e. The molecule has 5 nitrogen and oxygen atoms in total. The van der Waals surface area contributed by atoms with E-state index in [1.807, 2.05) is 30.3 Å². The van der Waals surface area contributed by atoms with E-state index in [1.54, 1.807) is 31.4 Å². The summed E-state index contributed by atoms with van der Waals surface area (Å²) in [6, 6.07) is 19.0. The first-order valence-corrected chi connectivity index (χ1v) is 10.7. The van der Waals surface area contributed by atoms with Crippen LogP contribution in [0.15, 0.2) is 72.8 Å². The van der Waals surface area contributed by atoms with Gasteiger partial charge in [-0.25, -0.2) is 8.78 Å². The summed E-state index contributed by atoms with van der Waals surface area (Å²) in [6.07, 6.45) is -0.760. The van der Waals surface area contributed by atoms with Crippen LogP contribution in [0.5, 0.6) is 5.75 Å². The average molecular weight is 455 g/mol. The fourth-order valence-corrected chi connectivity index (χ4v) is 3.57. The zero-order chi connectivity index (χ0) is 23.6. The topological polar surface area (TPSA) is 70.6 Å². The third-order valence-corrected chi connectivity index (χ3v) is 5.28. The van der Waals surface area contributed by atoms with Gasteiger partial charge in [-0.2, -0.15) is 0 Å². The van der Waals surface area contributed by atoms with Crippen molar-refractivity contribution in [3.8, 4) is 5.75 Å². The molecule has 7 heteroatoms. The number of rotatable bonds is 12. The Labute approximate surface area is 192 Å². The Kier molecular flexibility index (Phi) is 9.06. The zero-order valence-electron chi connectivity index (χ0n) is 18.4. The number of hydrogen-bond acceptors (Lipinski definition) is 5. The second-order valence-corrected chi connectivity index (χ2v) is 7.81. The van der Waals surface area contributed by atoms with Crippen molar-refractivity contribution in [1.29, 1.82) is 0 Å². The summed E-state index contributed by atoms with van der Waals surface area (Å²) in [4.78, 5) is 12.5. The Morgan fingerprint density at radius 2 is 1.70 bits per heavy atom. The lowest BCUT2D eigenvalue weighted by molar-refractivity contribution is 0.0950. The Morgan fingerprint density at radius 1 is 0.970 bits per heavy atom. The first-order valence-electron chi connectivity index (χ1n) is 10.7. The molecule has 0 spiro atoms. The van der Waals surface area contributed by atoms with Gasteiger partial charge in [-0.15, -0.1) is 0 Å². The maximum absolute atomic E-state index is 13.7. The molecule has 0 aromatic heterocycles. The van der Waals surface area contributed by atoms with Gasteiger partial charge in [0.25, 0.3) is 0 Å². The van der Waals surface area contributed by atoms with Crippen molar-refractivity contribution in [1.82, 2.24) is 10.6 Å². The van der Waals surface area contributed by atoms with E-state index in [0.717, 1.165) is 17.4 Å². The summed E-state index contributed by atoms with van der Waals surface area (Å²) in [7, 11) is 1.60. The Balaban J connectivity index is 1.64. The molecule has 0 radical (unpaired) electrons. The van der Waals surface area contributed by atoms with Crippen LogP contribution >= 0.6 is 0 Å². The summed E-state index contributed by atoms with van der Waals surface area (Å²) in [5.74, 6) is -0.769. The third-order valence-electron chi connectivity index (χ3n) is 5.28. The second-order valence-electron chi connectivity index (χ2n) is 7.81. The van der Waals surface area contributed by atoms with Crippen LogP contribution in [0, 0.1) is 11.6 Å². The van der Waals surface area contributed by atoms with Gasteiger partial charge in [-0.05, 0) is 41.8 Å². The third kappa shape index (κ3) is 7.75. The summed E-state index contributed by atoms with van der Waals surface area (Å²) in [5.41, 5.74) is 1.92. The molecule has 33 heavy (non-hydrogen) atoms. The van der Waals surface area contributed by atoms with E-state index in [4.69, 9.17) is 4.74 Å². The normalized spacial score (nSPS) is 12.8. The molecule has 0 saturated heterocycles. The first-order chi connectivity index (χ1) is 15.9. The molecule has 3 aromatic carbocycles. The molecule has 0 aliphatic carbocycles. The first kappa shape index (κ1) is 24.5. The molecule has 2 atom stereocenters. The van der Waals surface area contributed by atoms with Gasteiger partial charge < -0.3 is 20.5 Å². The van der Waals surface area contributed by atoms with Gasteiger partial charge in [-0.3, -0.25) is 4.79 Å². The minimum atomic E-state index is -0.912. The number of methoxy groups -OCH3 is 1. The molecule has 0 unspecified atom stereocenters. The summed E-state index contributed by atoms with van der Waals surface area (Å²) in [6.45, 7) is 0.699. The highest BCUT2D eigenvalue weighted by molar-refractivity contribution is 5.97. The summed E-state index contributed by atoms with van der Waals surface area (Å²) in [5, 5.41) is 17.1. The van der Waals surface area contributed by atoms with Crippen LogP contribution in [0.4, 0.5) is 8.78 Å². The van der Waals surface area contributed by atoms with Gasteiger partial charge in [0.1, 0.15) is 17.4 Å². The molecule has 0 bridgehead atoms. The van der Waals surface area contributed by atoms with Crippen molar-refractivity contribution >= 4 is 5.78 Å². The van der Waals surface area contributed by atoms with Gasteiger partial charge in [0.2, 0.25) is 0 Å². The van der Waals surface area contributed by atoms with Crippen molar-refractivity contribution in [2.75, 3.05) is 20.2 Å². The fourth-order valence-electron chi connectivity index (χ4n) is 3.57. The standard InChI is InChI=1S/C26H28F2N2O3/c1-33-23-9-5-6-18(12-23)15-29-16-26(32)24(13-19-10-21(27)14-22(28)11-19)30-17-25(31)20-7-3-2-4-8-20/h2-12,14,24,26,29-30,32H,13,15-17H2,1H3/t24-,26+/m0/s1. The minimum absolute atomic E-state index is 0.0145. The lowest BCUT2D eigenvalue weighted by atomic mass is 10.00. The monoisotopic (exact) mass is 454 g/mol. The number of benzene rings is 3. The van der Waals surface area contributed by atoms with Gasteiger partial charge >= 0.3 is 0 Å². The molecule has 3 aromatic rings. The van der Waals surface area contributed by atoms with Crippen LogP contribution in [0.1, 0.15) is 21.5 Å². The second kappa shape index (κ2) is 12.2. The molecule has 0 amide bonds. The van der Waals surface area contributed by atoms with E-state index < -0.39 is 23.8 Å². The highest BCUT2D eigenvalue weighted by Gasteiger charge is 2.21. The number of aliphatic hydroxyl groups is 1. The molecular weight excluding hydrogens is 426 g/mol. The molecule has 174 valence electrons. The van der Waals surface area contributed by atoms with E-state index >= 15 is 0 Å². The van der Waals surface area contributed by atoms with Crippen molar-refractivity contribution in [2.24, 2.45) is 0 Å². The van der Waals surface area contributed by atoms with Gasteiger partial charge in [0.15, 0.2) is 5.78 Å². The van der Waals surface area contributed by atoms with Crippen LogP contribution in [-0.2, 0) is 13.0 Å². The molecule has 0 heterocycles. The molecular formula is C26H28F2N2O3. The lowest BCUT2D eigenvalue weighted by Crippen LogP contribution is -2.48. The Bertz CT molecular complexity index is 1030. The number of carbonyl (C=O) groups is 1. The van der Waals surface area contributed by atoms with Crippen LogP contribution < -0.4 is 15.4 Å². The fraction of sp³-hybridized carbons (Fsp3) is 0.269. The Morgan fingerprint density at radius 3 is 2.39 bits per heavy atom. The van der Waals surface area contributed by atoms with Crippen molar-refractivity contribution in [2.45, 2.75) is 25.1 Å². The summed E-state index contributed by atoms with van der Waals surface area (Å²) < 4.78 is 32.6. The zero-order valence-corrected chi connectivity index (χ0v) is 18.4. The molecule has 0 saturated carbocycles. The van der Waals surface area contributed by atoms with E-state index in [-0.39, 0.29) is 25.3 Å². The highest BCUT2D eigenvalue weighted by atomic mass is 19.1. The van der Waals surface area contributed by atoms with Crippen LogP contribution in [0.25, 0.3) is 0 Å². The maximum Gasteiger partial charge on any atom is 0.176 e. The number of ether oxygens (including phenoxy) is 1. The van der Waals surface area contributed by atoms with Gasteiger partial charge in [0.05, 0.1) is 19.8 Å². The quantitative estimate of drug-likeness (QED) is 0.366. The number of hydrogen-bond donors (Lipinski definition) is 3. The smallest absolute Gasteiger partial charge is 0.176 e. The molecule has 3 rings (SSSR count). The summed E-state index contributed by atoms with van der Waals surface area (Å²) >= 11 is 0. The van der Waals surface area contributed by atoms with E-state index in [0.29, 0.717) is 17.7 Å². The molecule has 0 aliphatic heterocycles. The maximum atomic E-state index is 13.7. The van der Waals surface area contributed by atoms with Crippen LogP contribution in [-0.4, -0.2) is 43.2 Å². The van der Waals surface area contributed by atoms with E-state index in [1.165, 1.54) is 12.1 Å². The molecule has 0 fully saturated rings. The molecule has 0 aliphatic rings. The van der Waals surface area contributed by atoms with Gasteiger partial charge in [0, 0.05) is 30.8 Å². The van der Waals surface area contributed by atoms with Crippen molar-refractivity contribution in [3.63, 3.8) is 0 Å². The predicted molar refractivity (Wildman–Crippen MR) is 123 cm³/mol. The highest BCUT2D eigenvalue weighted by Crippen LogP contribution is 2.14. The van der Waals surface area contributed by atoms with E-state index in [2.05, 4.69) is 10.6 Å².